The molecule has 2 rings (SSSR count). The normalized spacial score (nSPS) is 26.5. The fourth-order valence-corrected chi connectivity index (χ4v) is 2.36. The number of rotatable bonds is 2. The molecule has 1 aliphatic rings. The smallest absolute Gasteiger partial charge is 0.0891 e. The zero-order chi connectivity index (χ0) is 13.3. The van der Waals surface area contributed by atoms with E-state index >= 15 is 0 Å². The minimum absolute atomic E-state index is 0.00726. The zero-order valence-electron chi connectivity index (χ0n) is 11.8. The van der Waals surface area contributed by atoms with Crippen LogP contribution in [0.15, 0.2) is 6.20 Å². The second kappa shape index (κ2) is 4.97. The van der Waals surface area contributed by atoms with Crippen LogP contribution in [0.5, 0.6) is 0 Å². The van der Waals surface area contributed by atoms with Crippen molar-refractivity contribution in [2.75, 3.05) is 19.6 Å². The summed E-state index contributed by atoms with van der Waals surface area (Å²) in [6.45, 7) is 11.2. The maximum absolute atomic E-state index is 10.2. The number of piperidine rings is 1. The van der Waals surface area contributed by atoms with Crippen molar-refractivity contribution in [2.24, 2.45) is 0 Å². The van der Waals surface area contributed by atoms with E-state index in [0.29, 0.717) is 0 Å². The Labute approximate surface area is 109 Å². The highest BCUT2D eigenvalue weighted by Crippen LogP contribution is 2.25. The van der Waals surface area contributed by atoms with E-state index in [1.54, 1.807) is 0 Å². The Bertz CT molecular complexity index is 396. The first-order chi connectivity index (χ1) is 8.41. The number of β-amino-alcohol motifs (C(OH)–C–C–N with tert-alkyl or cyclic N) is 1. The maximum Gasteiger partial charge on any atom is 0.0891 e. The Kier molecular flexibility index (Phi) is 3.73. The maximum atomic E-state index is 10.2. The first kappa shape index (κ1) is 13.5. The van der Waals surface area contributed by atoms with Gasteiger partial charge in [-0.3, -0.25) is 0 Å². The summed E-state index contributed by atoms with van der Waals surface area (Å²) in [5.41, 5.74) is 0.987. The molecule has 18 heavy (non-hydrogen) atoms. The van der Waals surface area contributed by atoms with Crippen molar-refractivity contribution in [1.82, 2.24) is 19.9 Å². The quantitative estimate of drug-likeness (QED) is 0.859. The van der Waals surface area contributed by atoms with Crippen molar-refractivity contribution < 1.29 is 5.11 Å². The van der Waals surface area contributed by atoms with Crippen LogP contribution in [0.1, 0.15) is 45.9 Å². The van der Waals surface area contributed by atoms with E-state index in [-0.39, 0.29) is 17.6 Å². The van der Waals surface area contributed by atoms with Crippen LogP contribution < -0.4 is 0 Å². The second-order valence-electron chi connectivity index (χ2n) is 6.15. The highest BCUT2D eigenvalue weighted by molar-refractivity contribution is 5.07. The van der Waals surface area contributed by atoms with Crippen LogP contribution in [0.4, 0.5) is 0 Å². The molecule has 0 unspecified atom stereocenters. The van der Waals surface area contributed by atoms with Gasteiger partial charge >= 0.3 is 0 Å². The third kappa shape index (κ3) is 2.72. The van der Waals surface area contributed by atoms with E-state index in [1.807, 2.05) is 10.9 Å². The molecule has 1 N–H and O–H groups in total. The molecule has 1 fully saturated rings. The van der Waals surface area contributed by atoms with Crippen LogP contribution >= 0.6 is 0 Å². The van der Waals surface area contributed by atoms with Crippen LogP contribution in [0.3, 0.4) is 0 Å². The lowest BCUT2D eigenvalue weighted by atomic mass is 9.93. The minimum atomic E-state index is -0.354. The van der Waals surface area contributed by atoms with Crippen molar-refractivity contribution in [3.8, 4) is 0 Å². The summed E-state index contributed by atoms with van der Waals surface area (Å²) in [6, 6.07) is 0.0661. The number of hydrogen-bond donors (Lipinski definition) is 1. The highest BCUT2D eigenvalue weighted by atomic mass is 16.3. The van der Waals surface area contributed by atoms with Gasteiger partial charge in [-0.1, -0.05) is 32.9 Å². The van der Waals surface area contributed by atoms with E-state index in [9.17, 15) is 5.11 Å². The first-order valence-electron chi connectivity index (χ1n) is 6.74. The summed E-state index contributed by atoms with van der Waals surface area (Å²) >= 11 is 0. The molecule has 0 saturated carbocycles. The van der Waals surface area contributed by atoms with E-state index in [4.69, 9.17) is 0 Å². The Morgan fingerprint density at radius 3 is 2.67 bits per heavy atom. The van der Waals surface area contributed by atoms with Crippen molar-refractivity contribution in [2.45, 2.75) is 51.7 Å². The van der Waals surface area contributed by atoms with Crippen molar-refractivity contribution >= 4 is 0 Å². The van der Waals surface area contributed by atoms with Gasteiger partial charge in [0.25, 0.3) is 0 Å². The number of nitrogens with zero attached hydrogens (tertiary/aromatic N) is 4. The topological polar surface area (TPSA) is 54.2 Å². The van der Waals surface area contributed by atoms with Crippen molar-refractivity contribution in [3.05, 3.63) is 11.9 Å². The zero-order valence-corrected chi connectivity index (χ0v) is 11.8. The molecule has 5 nitrogen and oxygen atoms in total. The fourth-order valence-electron chi connectivity index (χ4n) is 2.36. The van der Waals surface area contributed by atoms with Gasteiger partial charge in [-0.05, 0) is 13.0 Å². The van der Waals surface area contributed by atoms with Gasteiger partial charge in [0.15, 0.2) is 0 Å². The lowest BCUT2D eigenvalue weighted by Gasteiger charge is -2.35. The molecule has 0 aliphatic carbocycles. The summed E-state index contributed by atoms with van der Waals surface area (Å²) in [4.78, 5) is 2.27. The molecule has 2 heterocycles. The predicted octanol–water partition coefficient (Wildman–Crippen LogP) is 1.20. The lowest BCUT2D eigenvalue weighted by molar-refractivity contribution is 0.0242. The van der Waals surface area contributed by atoms with Gasteiger partial charge in [-0.2, -0.15) is 0 Å². The SMILES string of the molecule is CCN1CC[C@@H](n2cc(C(C)(C)C)nn2)[C@H](O)C1. The van der Waals surface area contributed by atoms with Crippen LogP contribution in [-0.2, 0) is 5.41 Å². The van der Waals surface area contributed by atoms with Crippen molar-refractivity contribution in [1.29, 1.82) is 0 Å². The number of likely N-dealkylation sites (N-methyl/N-ethyl adjacent to an activating group) is 1. The van der Waals surface area contributed by atoms with Crippen molar-refractivity contribution in [3.63, 3.8) is 0 Å². The predicted molar refractivity (Wildman–Crippen MR) is 70.5 cm³/mol. The number of aromatic nitrogens is 3. The number of hydrogen-bond acceptors (Lipinski definition) is 4. The van der Waals surface area contributed by atoms with Crippen LogP contribution in [0.25, 0.3) is 0 Å². The summed E-state index contributed by atoms with van der Waals surface area (Å²) in [5.74, 6) is 0. The van der Waals surface area contributed by atoms with Gasteiger partial charge in [0.05, 0.1) is 17.8 Å². The molecule has 0 amide bonds. The summed E-state index contributed by atoms with van der Waals surface area (Å²) in [5, 5.41) is 18.6. The molecular weight excluding hydrogens is 228 g/mol. The third-order valence-electron chi connectivity index (χ3n) is 3.70. The third-order valence-corrected chi connectivity index (χ3v) is 3.70. The molecule has 0 spiro atoms. The average Bonchev–Trinajstić information content (AvgIpc) is 2.77. The molecule has 0 aromatic carbocycles. The van der Waals surface area contributed by atoms with E-state index in [1.165, 1.54) is 0 Å². The number of aliphatic hydroxyl groups is 1. The molecule has 1 saturated heterocycles. The lowest BCUT2D eigenvalue weighted by Crippen LogP contribution is -2.44. The fraction of sp³-hybridized carbons (Fsp3) is 0.846. The molecule has 1 aliphatic heterocycles. The summed E-state index contributed by atoms with van der Waals surface area (Å²) < 4.78 is 1.85. The van der Waals surface area contributed by atoms with Gasteiger partial charge in [0, 0.05) is 24.7 Å². The van der Waals surface area contributed by atoms with Gasteiger partial charge in [0.1, 0.15) is 0 Å². The largest absolute Gasteiger partial charge is 0.390 e. The summed E-state index contributed by atoms with van der Waals surface area (Å²) in [6.07, 6.45) is 2.56. The monoisotopic (exact) mass is 252 g/mol. The molecule has 2 atom stereocenters. The van der Waals surface area contributed by atoms with Crippen LogP contribution in [0.2, 0.25) is 0 Å². The Morgan fingerprint density at radius 2 is 2.17 bits per heavy atom. The van der Waals surface area contributed by atoms with E-state index in [2.05, 4.69) is 42.9 Å². The molecule has 102 valence electrons. The second-order valence-corrected chi connectivity index (χ2v) is 6.15. The summed E-state index contributed by atoms with van der Waals surface area (Å²) in [7, 11) is 0. The Balaban J connectivity index is 2.10. The van der Waals surface area contributed by atoms with Gasteiger partial charge in [0.2, 0.25) is 0 Å². The van der Waals surface area contributed by atoms with E-state index in [0.717, 1.165) is 31.7 Å². The number of likely N-dealkylation sites (tertiary alicyclic amines) is 1. The Morgan fingerprint density at radius 1 is 1.44 bits per heavy atom. The van der Waals surface area contributed by atoms with Gasteiger partial charge < -0.3 is 10.0 Å². The highest BCUT2D eigenvalue weighted by Gasteiger charge is 2.30. The molecule has 0 radical (unpaired) electrons. The molecule has 1 aromatic rings. The average molecular weight is 252 g/mol. The molecule has 5 heteroatoms. The molecular formula is C13H24N4O. The van der Waals surface area contributed by atoms with Crippen LogP contribution in [0, 0.1) is 0 Å². The van der Waals surface area contributed by atoms with E-state index < -0.39 is 0 Å². The first-order valence-corrected chi connectivity index (χ1v) is 6.74. The Hall–Kier alpha value is -0.940. The number of aliphatic hydroxyl groups excluding tert-OH is 1. The molecule has 0 bridgehead atoms. The molecule has 1 aromatic heterocycles. The van der Waals surface area contributed by atoms with Crippen LogP contribution in [-0.4, -0.2) is 50.7 Å². The minimum Gasteiger partial charge on any atom is -0.390 e. The standard InChI is InChI=1S/C13H24N4O/c1-5-16-7-6-10(11(18)8-16)17-9-12(14-15-17)13(2,3)4/h9-11,18H,5-8H2,1-4H3/t10-,11-/m1/s1. The van der Waals surface area contributed by atoms with Gasteiger partial charge in [-0.25, -0.2) is 4.68 Å². The van der Waals surface area contributed by atoms with Gasteiger partial charge in [-0.15, -0.1) is 5.10 Å².